The monoisotopic (exact) mass is 372 g/mol. The second-order valence-corrected chi connectivity index (χ2v) is 7.29. The van der Waals surface area contributed by atoms with Crippen molar-refractivity contribution in [3.8, 4) is 0 Å². The van der Waals surface area contributed by atoms with Crippen molar-refractivity contribution in [2.75, 3.05) is 31.1 Å². The highest BCUT2D eigenvalue weighted by molar-refractivity contribution is 7.22. The minimum atomic E-state index is -0.205. The number of aromatic nitrogens is 2. The van der Waals surface area contributed by atoms with Crippen molar-refractivity contribution in [3.63, 3.8) is 0 Å². The van der Waals surface area contributed by atoms with Crippen molar-refractivity contribution >= 4 is 32.6 Å². The smallest absolute Gasteiger partial charge is 0.298 e. The van der Waals surface area contributed by atoms with Crippen LogP contribution < -0.4 is 4.90 Å². The fraction of sp³-hybridized carbons (Fsp3) is 0.421. The quantitative estimate of drug-likeness (QED) is 0.630. The number of hydrogen-bond acceptors (Lipinski definition) is 6. The van der Waals surface area contributed by atoms with Crippen LogP contribution in [0.3, 0.4) is 0 Å². The molecule has 7 heteroatoms. The van der Waals surface area contributed by atoms with Crippen LogP contribution in [0.1, 0.15) is 35.5 Å². The molecule has 0 N–H and O–H groups in total. The number of aryl methyl sites for hydroxylation is 2. The summed E-state index contributed by atoms with van der Waals surface area (Å²) in [5.74, 6) is 0.0276. The molecule has 3 rings (SSSR count). The Bertz CT molecular complexity index is 884. The fourth-order valence-corrected chi connectivity index (χ4v) is 4.16. The van der Waals surface area contributed by atoms with Crippen LogP contribution in [0.15, 0.2) is 28.9 Å². The lowest BCUT2D eigenvalue weighted by molar-refractivity contribution is 0.0948. The van der Waals surface area contributed by atoms with Gasteiger partial charge in [-0.15, -0.1) is 0 Å². The van der Waals surface area contributed by atoms with Gasteiger partial charge in [0.25, 0.3) is 5.91 Å². The van der Waals surface area contributed by atoms with Gasteiger partial charge in [0.1, 0.15) is 0 Å². The van der Waals surface area contributed by atoms with E-state index in [4.69, 9.17) is 9.51 Å². The maximum absolute atomic E-state index is 13.0. The largest absolute Gasteiger partial charge is 0.351 e. The van der Waals surface area contributed by atoms with Gasteiger partial charge in [-0.05, 0) is 44.1 Å². The van der Waals surface area contributed by atoms with Gasteiger partial charge in [0.15, 0.2) is 5.13 Å². The normalized spacial score (nSPS) is 11.4. The molecule has 1 aromatic carbocycles. The molecule has 6 nitrogen and oxygen atoms in total. The Labute approximate surface area is 157 Å². The number of nitrogens with zero attached hydrogens (tertiary/aromatic N) is 4. The highest BCUT2D eigenvalue weighted by Crippen LogP contribution is 2.32. The number of rotatable bonds is 7. The van der Waals surface area contributed by atoms with Gasteiger partial charge in [-0.3, -0.25) is 9.69 Å². The second-order valence-electron chi connectivity index (χ2n) is 6.29. The molecule has 0 aliphatic rings. The van der Waals surface area contributed by atoms with E-state index in [1.165, 1.54) is 23.1 Å². The number of hydrogen-bond donors (Lipinski definition) is 0. The molecule has 2 aromatic heterocycles. The van der Waals surface area contributed by atoms with Gasteiger partial charge in [0.05, 0.1) is 16.4 Å². The number of carbonyl (C=O) groups excluding carboxylic acids is 1. The van der Waals surface area contributed by atoms with Crippen LogP contribution in [0, 0.1) is 13.8 Å². The lowest BCUT2D eigenvalue weighted by Crippen LogP contribution is -2.38. The summed E-state index contributed by atoms with van der Waals surface area (Å²) in [4.78, 5) is 21.7. The summed E-state index contributed by atoms with van der Waals surface area (Å²) >= 11 is 1.54. The Morgan fingerprint density at radius 1 is 1.19 bits per heavy atom. The van der Waals surface area contributed by atoms with Gasteiger partial charge in [-0.2, -0.15) is 0 Å². The molecule has 0 aliphatic heterocycles. The Morgan fingerprint density at radius 2 is 1.96 bits per heavy atom. The maximum atomic E-state index is 13.0. The Kier molecular flexibility index (Phi) is 5.68. The maximum Gasteiger partial charge on any atom is 0.298 e. The van der Waals surface area contributed by atoms with Crippen molar-refractivity contribution in [1.29, 1.82) is 0 Å². The molecule has 0 fully saturated rings. The number of anilines is 1. The second kappa shape index (κ2) is 7.97. The highest BCUT2D eigenvalue weighted by atomic mass is 32.1. The zero-order valence-electron chi connectivity index (χ0n) is 15.7. The summed E-state index contributed by atoms with van der Waals surface area (Å²) in [6.45, 7) is 11.6. The summed E-state index contributed by atoms with van der Waals surface area (Å²) in [5.41, 5.74) is 3.27. The van der Waals surface area contributed by atoms with E-state index >= 15 is 0 Å². The minimum Gasteiger partial charge on any atom is -0.351 e. The molecule has 3 aromatic rings. The first kappa shape index (κ1) is 18.5. The first-order valence-electron chi connectivity index (χ1n) is 8.86. The van der Waals surface area contributed by atoms with Gasteiger partial charge in [-0.25, -0.2) is 4.98 Å². The number of benzene rings is 1. The number of amides is 1. The predicted molar refractivity (Wildman–Crippen MR) is 105 cm³/mol. The van der Waals surface area contributed by atoms with E-state index in [1.807, 2.05) is 0 Å². The van der Waals surface area contributed by atoms with Crippen LogP contribution in [0.25, 0.3) is 10.2 Å². The molecular weight excluding hydrogens is 348 g/mol. The molecule has 0 unspecified atom stereocenters. The molecule has 138 valence electrons. The molecule has 2 heterocycles. The van der Waals surface area contributed by atoms with E-state index in [0.29, 0.717) is 11.7 Å². The van der Waals surface area contributed by atoms with Gasteiger partial charge < -0.3 is 9.42 Å². The number of thiazole rings is 1. The van der Waals surface area contributed by atoms with E-state index in [2.05, 4.69) is 49.9 Å². The standard InChI is InChI=1S/C19H24N4O2S/c1-5-22(6-2)9-10-23(18(24)15-7-8-20-25-15)19-21-17-14(4)11-13(3)12-16(17)26-19/h7-8,11-12H,5-6,9-10H2,1-4H3. The number of likely N-dealkylation sites (N-methyl/N-ethyl adjacent to an activating group) is 1. The summed E-state index contributed by atoms with van der Waals surface area (Å²) in [5, 5.41) is 4.36. The fourth-order valence-electron chi connectivity index (χ4n) is 3.00. The molecule has 0 saturated heterocycles. The molecule has 0 aliphatic carbocycles. The molecule has 0 saturated carbocycles. The van der Waals surface area contributed by atoms with Crippen LogP contribution in [0.4, 0.5) is 5.13 Å². The molecule has 1 amide bonds. The summed E-state index contributed by atoms with van der Waals surface area (Å²) < 4.78 is 6.19. The van der Waals surface area contributed by atoms with Crippen molar-refractivity contribution < 1.29 is 9.32 Å². The van der Waals surface area contributed by atoms with Crippen LogP contribution in [-0.2, 0) is 0 Å². The van der Waals surface area contributed by atoms with Gasteiger partial charge in [-0.1, -0.05) is 36.4 Å². The van der Waals surface area contributed by atoms with Gasteiger partial charge in [0, 0.05) is 19.2 Å². The third kappa shape index (κ3) is 3.78. The van der Waals surface area contributed by atoms with Crippen molar-refractivity contribution in [2.24, 2.45) is 0 Å². The third-order valence-electron chi connectivity index (χ3n) is 4.48. The topological polar surface area (TPSA) is 62.5 Å². The van der Waals surface area contributed by atoms with Crippen LogP contribution >= 0.6 is 11.3 Å². The van der Waals surface area contributed by atoms with E-state index in [0.717, 1.165) is 35.4 Å². The Morgan fingerprint density at radius 3 is 2.62 bits per heavy atom. The molecule has 0 spiro atoms. The zero-order chi connectivity index (χ0) is 18.7. The summed E-state index contributed by atoms with van der Waals surface area (Å²) in [7, 11) is 0. The summed E-state index contributed by atoms with van der Waals surface area (Å²) in [6, 6.07) is 5.82. The number of carbonyl (C=O) groups is 1. The van der Waals surface area contributed by atoms with Gasteiger partial charge >= 0.3 is 0 Å². The van der Waals surface area contributed by atoms with Crippen LogP contribution in [-0.4, -0.2) is 47.1 Å². The molecule has 0 radical (unpaired) electrons. The van der Waals surface area contributed by atoms with Crippen molar-refractivity contribution in [3.05, 3.63) is 41.3 Å². The van der Waals surface area contributed by atoms with E-state index < -0.39 is 0 Å². The van der Waals surface area contributed by atoms with Crippen LogP contribution in [0.2, 0.25) is 0 Å². The lowest BCUT2D eigenvalue weighted by atomic mass is 10.1. The average Bonchev–Trinajstić information content (AvgIpc) is 3.28. The minimum absolute atomic E-state index is 0.205. The first-order valence-corrected chi connectivity index (χ1v) is 9.67. The highest BCUT2D eigenvalue weighted by Gasteiger charge is 2.24. The van der Waals surface area contributed by atoms with E-state index in [-0.39, 0.29) is 11.7 Å². The average molecular weight is 372 g/mol. The molecule has 0 bridgehead atoms. The predicted octanol–water partition coefficient (Wildman–Crippen LogP) is 3.89. The third-order valence-corrected chi connectivity index (χ3v) is 5.50. The lowest BCUT2D eigenvalue weighted by Gasteiger charge is -2.23. The first-order chi connectivity index (χ1) is 12.5. The van der Waals surface area contributed by atoms with Crippen LogP contribution in [0.5, 0.6) is 0 Å². The van der Waals surface area contributed by atoms with Crippen molar-refractivity contribution in [1.82, 2.24) is 15.0 Å². The number of fused-ring (bicyclic) bond motifs is 1. The summed E-state index contributed by atoms with van der Waals surface area (Å²) in [6.07, 6.45) is 1.49. The van der Waals surface area contributed by atoms with E-state index in [1.54, 1.807) is 11.0 Å². The molecular formula is C19H24N4O2S. The molecule has 26 heavy (non-hydrogen) atoms. The zero-order valence-corrected chi connectivity index (χ0v) is 16.5. The Balaban J connectivity index is 1.96. The van der Waals surface area contributed by atoms with E-state index in [9.17, 15) is 4.79 Å². The van der Waals surface area contributed by atoms with Crippen molar-refractivity contribution in [2.45, 2.75) is 27.7 Å². The Hall–Kier alpha value is -2.25. The molecule has 0 atom stereocenters. The van der Waals surface area contributed by atoms with Gasteiger partial charge in [0.2, 0.25) is 5.76 Å². The SMILES string of the molecule is CCN(CC)CCN(C(=O)c1ccno1)c1nc2c(C)cc(C)cc2s1.